The molecule has 2 heterocycles. The summed E-state index contributed by atoms with van der Waals surface area (Å²) in [6.45, 7) is 3.85. The van der Waals surface area contributed by atoms with Gasteiger partial charge in [-0.2, -0.15) is 0 Å². The molecule has 1 aliphatic rings. The van der Waals surface area contributed by atoms with Crippen LogP contribution in [0.1, 0.15) is 34.7 Å². The summed E-state index contributed by atoms with van der Waals surface area (Å²) in [4.78, 5) is 16.7. The number of nitrogens with zero attached hydrogens (tertiary/aromatic N) is 2. The summed E-state index contributed by atoms with van der Waals surface area (Å²) in [5.74, 6) is 1.17. The summed E-state index contributed by atoms with van der Waals surface area (Å²) in [6, 6.07) is 10.4. The van der Waals surface area contributed by atoms with Crippen LogP contribution in [0.2, 0.25) is 0 Å². The van der Waals surface area contributed by atoms with Crippen LogP contribution in [0, 0.1) is 11.7 Å². The van der Waals surface area contributed by atoms with E-state index in [0.717, 1.165) is 38.0 Å². The first kappa shape index (κ1) is 20.6. The quantitative estimate of drug-likeness (QED) is 0.693. The van der Waals surface area contributed by atoms with Crippen molar-refractivity contribution >= 4 is 5.91 Å². The number of rotatable bonds is 8. The van der Waals surface area contributed by atoms with E-state index in [0.29, 0.717) is 37.0 Å². The number of methoxy groups -OCH3 is 1. The maximum absolute atomic E-state index is 13.8. The van der Waals surface area contributed by atoms with Gasteiger partial charge in [-0.05, 0) is 55.5 Å². The van der Waals surface area contributed by atoms with Crippen LogP contribution in [-0.2, 0) is 17.8 Å². The Hall–Kier alpha value is -2.18. The molecule has 1 amide bonds. The molecule has 1 aromatic heterocycles. The van der Waals surface area contributed by atoms with Crippen LogP contribution < -0.4 is 0 Å². The van der Waals surface area contributed by atoms with Gasteiger partial charge in [0.2, 0.25) is 0 Å². The fourth-order valence-electron chi connectivity index (χ4n) is 3.85. The molecule has 0 radical (unpaired) electrons. The van der Waals surface area contributed by atoms with Gasteiger partial charge in [-0.15, -0.1) is 0 Å². The van der Waals surface area contributed by atoms with Gasteiger partial charge in [-0.1, -0.05) is 18.2 Å². The molecule has 0 saturated carbocycles. The number of benzene rings is 1. The van der Waals surface area contributed by atoms with Crippen molar-refractivity contribution in [2.75, 3.05) is 40.3 Å². The van der Waals surface area contributed by atoms with Gasteiger partial charge >= 0.3 is 0 Å². The van der Waals surface area contributed by atoms with Crippen LogP contribution in [-0.4, -0.2) is 56.0 Å². The average Bonchev–Trinajstić information content (AvgIpc) is 3.16. The van der Waals surface area contributed by atoms with Gasteiger partial charge in [-0.25, -0.2) is 4.39 Å². The lowest BCUT2D eigenvalue weighted by Crippen LogP contribution is -2.42. The predicted octanol–water partition coefficient (Wildman–Crippen LogP) is 3.59. The highest BCUT2D eigenvalue weighted by atomic mass is 19.1. The zero-order valence-corrected chi connectivity index (χ0v) is 16.7. The Bertz CT molecular complexity index is 777. The molecule has 6 heteroatoms. The molecule has 1 saturated heterocycles. The second kappa shape index (κ2) is 9.85. The molecular formula is C22H29FN2O3. The number of furan rings is 1. The lowest BCUT2D eigenvalue weighted by Gasteiger charge is -2.34. The molecule has 152 valence electrons. The summed E-state index contributed by atoms with van der Waals surface area (Å²) < 4.78 is 24.4. The van der Waals surface area contributed by atoms with Gasteiger partial charge in [0.15, 0.2) is 5.76 Å². The predicted molar refractivity (Wildman–Crippen MR) is 106 cm³/mol. The molecule has 3 rings (SSSR count). The number of ether oxygens (including phenoxy) is 1. The molecule has 5 nitrogen and oxygen atoms in total. The Kier molecular flexibility index (Phi) is 7.23. The van der Waals surface area contributed by atoms with Crippen molar-refractivity contribution in [3.8, 4) is 0 Å². The van der Waals surface area contributed by atoms with Gasteiger partial charge in [0.05, 0.1) is 0 Å². The molecule has 1 aliphatic heterocycles. The van der Waals surface area contributed by atoms with Crippen molar-refractivity contribution in [1.29, 1.82) is 0 Å². The highest BCUT2D eigenvalue weighted by Crippen LogP contribution is 2.20. The first-order chi connectivity index (χ1) is 13.6. The van der Waals surface area contributed by atoms with Crippen LogP contribution >= 0.6 is 0 Å². The van der Waals surface area contributed by atoms with Gasteiger partial charge in [-0.3, -0.25) is 4.79 Å². The van der Waals surface area contributed by atoms with Gasteiger partial charge in [0, 0.05) is 33.8 Å². The number of piperidine rings is 1. The largest absolute Gasteiger partial charge is 0.453 e. The third-order valence-corrected chi connectivity index (χ3v) is 5.30. The summed E-state index contributed by atoms with van der Waals surface area (Å²) in [5, 5.41) is 0. The smallest absolute Gasteiger partial charge is 0.289 e. The normalized spacial score (nSPS) is 17.6. The third-order valence-electron chi connectivity index (χ3n) is 5.30. The minimum absolute atomic E-state index is 0.106. The Morgan fingerprint density at radius 1 is 1.32 bits per heavy atom. The number of hydrogen-bond acceptors (Lipinski definition) is 4. The van der Waals surface area contributed by atoms with E-state index in [1.165, 1.54) is 6.07 Å². The van der Waals surface area contributed by atoms with Crippen LogP contribution in [0.15, 0.2) is 40.8 Å². The second-order valence-corrected chi connectivity index (χ2v) is 7.53. The Morgan fingerprint density at radius 3 is 2.93 bits per heavy atom. The molecular weight excluding hydrogens is 359 g/mol. The SMILES string of the molecule is COCc1ccc(C(=O)N(C)C[C@H]2CCCN(CCc3ccccc3F)C2)o1. The number of hydrogen-bond donors (Lipinski definition) is 0. The lowest BCUT2D eigenvalue weighted by molar-refractivity contribution is 0.0692. The molecule has 0 aliphatic carbocycles. The lowest BCUT2D eigenvalue weighted by atomic mass is 9.97. The van der Waals surface area contributed by atoms with Crippen molar-refractivity contribution in [1.82, 2.24) is 9.80 Å². The van der Waals surface area contributed by atoms with Crippen molar-refractivity contribution in [3.05, 3.63) is 59.3 Å². The van der Waals surface area contributed by atoms with E-state index in [-0.39, 0.29) is 11.7 Å². The highest BCUT2D eigenvalue weighted by molar-refractivity contribution is 5.91. The van der Waals surface area contributed by atoms with Crippen LogP contribution in [0.5, 0.6) is 0 Å². The molecule has 0 bridgehead atoms. The average molecular weight is 388 g/mol. The van der Waals surface area contributed by atoms with Crippen LogP contribution in [0.25, 0.3) is 0 Å². The van der Waals surface area contributed by atoms with E-state index >= 15 is 0 Å². The molecule has 28 heavy (non-hydrogen) atoms. The van der Waals surface area contributed by atoms with Gasteiger partial charge in [0.25, 0.3) is 5.91 Å². The molecule has 1 fully saturated rings. The minimum Gasteiger partial charge on any atom is -0.453 e. The molecule has 2 aromatic rings. The molecule has 1 aromatic carbocycles. The van der Waals surface area contributed by atoms with E-state index in [4.69, 9.17) is 9.15 Å². The topological polar surface area (TPSA) is 45.9 Å². The summed E-state index contributed by atoms with van der Waals surface area (Å²) in [7, 11) is 3.41. The third kappa shape index (κ3) is 5.42. The van der Waals surface area contributed by atoms with Gasteiger partial charge < -0.3 is 19.0 Å². The Morgan fingerprint density at radius 2 is 2.14 bits per heavy atom. The van der Waals surface area contributed by atoms with E-state index < -0.39 is 0 Å². The van der Waals surface area contributed by atoms with Crippen molar-refractivity contribution < 1.29 is 18.3 Å². The molecule has 1 atom stereocenters. The summed E-state index contributed by atoms with van der Waals surface area (Å²) >= 11 is 0. The van der Waals surface area contributed by atoms with Crippen LogP contribution in [0.4, 0.5) is 4.39 Å². The fraction of sp³-hybridized carbons (Fsp3) is 0.500. The first-order valence-corrected chi connectivity index (χ1v) is 9.85. The number of halogens is 1. The summed E-state index contributed by atoms with van der Waals surface area (Å²) in [5.41, 5.74) is 0.765. The van der Waals surface area contributed by atoms with Crippen molar-refractivity contribution in [2.24, 2.45) is 5.92 Å². The monoisotopic (exact) mass is 388 g/mol. The molecule has 0 spiro atoms. The number of carbonyl (C=O) groups is 1. The maximum atomic E-state index is 13.8. The first-order valence-electron chi connectivity index (χ1n) is 9.85. The fourth-order valence-corrected chi connectivity index (χ4v) is 3.85. The summed E-state index contributed by atoms with van der Waals surface area (Å²) in [6.07, 6.45) is 2.91. The van der Waals surface area contributed by atoms with E-state index in [2.05, 4.69) is 4.90 Å². The Labute approximate surface area is 166 Å². The standard InChI is InChI=1S/C22H29FN2O3/c1-24(22(26)21-10-9-19(28-21)16-27-2)14-17-6-5-12-25(15-17)13-11-18-7-3-4-8-20(18)23/h3-4,7-10,17H,5-6,11-16H2,1-2H3/t17-/m1/s1. The van der Waals surface area contributed by atoms with Crippen molar-refractivity contribution in [3.63, 3.8) is 0 Å². The zero-order chi connectivity index (χ0) is 19.9. The van der Waals surface area contributed by atoms with E-state index in [1.807, 2.05) is 19.2 Å². The second-order valence-electron chi connectivity index (χ2n) is 7.53. The van der Waals surface area contributed by atoms with Crippen molar-refractivity contribution in [2.45, 2.75) is 25.9 Å². The van der Waals surface area contributed by atoms with E-state index in [9.17, 15) is 9.18 Å². The van der Waals surface area contributed by atoms with E-state index in [1.54, 1.807) is 30.2 Å². The number of likely N-dealkylation sites (tertiary alicyclic amines) is 1. The van der Waals surface area contributed by atoms with Gasteiger partial charge in [0.1, 0.15) is 18.2 Å². The molecule has 0 N–H and O–H groups in total. The minimum atomic E-state index is -0.132. The zero-order valence-electron chi connectivity index (χ0n) is 16.7. The Balaban J connectivity index is 1.49. The molecule has 0 unspecified atom stereocenters. The number of amides is 1. The maximum Gasteiger partial charge on any atom is 0.289 e. The van der Waals surface area contributed by atoms with Crippen LogP contribution in [0.3, 0.4) is 0 Å². The highest BCUT2D eigenvalue weighted by Gasteiger charge is 2.24. The number of carbonyl (C=O) groups excluding carboxylic acids is 1.